The molecule has 3 aromatic rings. The maximum absolute atomic E-state index is 12.2. The molecule has 146 valence electrons. The summed E-state index contributed by atoms with van der Waals surface area (Å²) >= 11 is 6.01. The van der Waals surface area contributed by atoms with Crippen molar-refractivity contribution in [2.24, 2.45) is 0 Å². The fourth-order valence-electron chi connectivity index (χ4n) is 2.89. The summed E-state index contributed by atoms with van der Waals surface area (Å²) in [4.78, 5) is 32.7. The van der Waals surface area contributed by atoms with Gasteiger partial charge < -0.3 is 9.47 Å². The van der Waals surface area contributed by atoms with Crippen LogP contribution in [0.1, 0.15) is 33.7 Å². The van der Waals surface area contributed by atoms with Crippen molar-refractivity contribution in [3.05, 3.63) is 52.1 Å². The van der Waals surface area contributed by atoms with Crippen LogP contribution in [0, 0.1) is 13.8 Å². The molecule has 0 saturated carbocycles. The highest BCUT2D eigenvalue weighted by Gasteiger charge is 2.15. The van der Waals surface area contributed by atoms with E-state index in [9.17, 15) is 9.59 Å². The van der Waals surface area contributed by atoms with Crippen LogP contribution in [0.5, 0.6) is 5.75 Å². The summed E-state index contributed by atoms with van der Waals surface area (Å²) in [5.41, 5.74) is 2.92. The smallest absolute Gasteiger partial charge is 0.306 e. The van der Waals surface area contributed by atoms with Gasteiger partial charge in [0.25, 0.3) is 5.78 Å². The van der Waals surface area contributed by atoms with Crippen LogP contribution < -0.4 is 4.74 Å². The molecule has 0 amide bonds. The average molecular weight is 403 g/mol. The SMILES string of the molecule is COc1ccc(C(=O)COC(=O)CCc2c(C)nc3ncnn3c2C)cc1Cl. The molecule has 1 aromatic carbocycles. The lowest BCUT2D eigenvalue weighted by atomic mass is 10.1. The molecule has 28 heavy (non-hydrogen) atoms. The number of nitrogens with zero attached hydrogens (tertiary/aromatic N) is 4. The van der Waals surface area contributed by atoms with Gasteiger partial charge in [-0.1, -0.05) is 11.6 Å². The monoisotopic (exact) mass is 402 g/mol. The molecule has 2 aromatic heterocycles. The normalized spacial score (nSPS) is 10.9. The van der Waals surface area contributed by atoms with Crippen LogP contribution in [0.3, 0.4) is 0 Å². The van der Waals surface area contributed by atoms with Crippen LogP contribution in [0.15, 0.2) is 24.5 Å². The fraction of sp³-hybridized carbons (Fsp3) is 0.316. The summed E-state index contributed by atoms with van der Waals surface area (Å²) in [7, 11) is 1.49. The Bertz CT molecular complexity index is 1050. The molecule has 0 radical (unpaired) electrons. The number of Topliss-reactive ketones (excluding diaryl/α,β-unsaturated/α-hetero) is 1. The van der Waals surface area contributed by atoms with E-state index in [1.165, 1.54) is 19.5 Å². The summed E-state index contributed by atoms with van der Waals surface area (Å²) in [6.07, 6.45) is 1.99. The number of esters is 1. The highest BCUT2D eigenvalue weighted by atomic mass is 35.5. The van der Waals surface area contributed by atoms with E-state index >= 15 is 0 Å². The first-order valence-electron chi connectivity index (χ1n) is 8.59. The number of halogens is 1. The minimum Gasteiger partial charge on any atom is -0.495 e. The predicted octanol–water partition coefficient (Wildman–Crippen LogP) is 2.76. The van der Waals surface area contributed by atoms with E-state index in [1.807, 2.05) is 13.8 Å². The summed E-state index contributed by atoms with van der Waals surface area (Å²) in [6, 6.07) is 4.66. The van der Waals surface area contributed by atoms with Crippen LogP contribution in [0.25, 0.3) is 5.78 Å². The molecule has 0 unspecified atom stereocenters. The summed E-state index contributed by atoms with van der Waals surface area (Å²) in [5, 5.41) is 4.44. The maximum Gasteiger partial charge on any atom is 0.306 e. The van der Waals surface area contributed by atoms with E-state index in [2.05, 4.69) is 15.1 Å². The highest BCUT2D eigenvalue weighted by molar-refractivity contribution is 6.32. The first-order valence-corrected chi connectivity index (χ1v) is 8.96. The Kier molecular flexibility index (Phi) is 5.89. The Morgan fingerprint density at radius 3 is 2.75 bits per heavy atom. The number of methoxy groups -OCH3 is 1. The predicted molar refractivity (Wildman–Crippen MR) is 102 cm³/mol. The number of aryl methyl sites for hydroxylation is 2. The average Bonchev–Trinajstić information content (AvgIpc) is 3.14. The molecule has 0 saturated heterocycles. The number of aromatic nitrogens is 4. The maximum atomic E-state index is 12.2. The topological polar surface area (TPSA) is 95.7 Å². The zero-order valence-electron chi connectivity index (χ0n) is 15.7. The van der Waals surface area contributed by atoms with E-state index in [0.717, 1.165) is 17.0 Å². The van der Waals surface area contributed by atoms with Gasteiger partial charge in [0.15, 0.2) is 12.4 Å². The molecule has 2 heterocycles. The second-order valence-electron chi connectivity index (χ2n) is 6.17. The third-order valence-corrected chi connectivity index (χ3v) is 4.70. The number of carbonyl (C=O) groups is 2. The van der Waals surface area contributed by atoms with Crippen LogP contribution in [0.2, 0.25) is 5.02 Å². The van der Waals surface area contributed by atoms with Crippen molar-refractivity contribution in [2.75, 3.05) is 13.7 Å². The van der Waals surface area contributed by atoms with Crippen molar-refractivity contribution in [1.82, 2.24) is 19.6 Å². The number of ether oxygens (including phenoxy) is 2. The Morgan fingerprint density at radius 1 is 1.25 bits per heavy atom. The number of benzene rings is 1. The molecule has 0 aliphatic heterocycles. The Hall–Kier alpha value is -3.00. The number of carbonyl (C=O) groups excluding carboxylic acids is 2. The van der Waals surface area contributed by atoms with Crippen molar-refractivity contribution >= 4 is 29.1 Å². The van der Waals surface area contributed by atoms with Gasteiger partial charge in [-0.05, 0) is 44.0 Å². The van der Waals surface area contributed by atoms with Gasteiger partial charge in [-0.2, -0.15) is 10.1 Å². The van der Waals surface area contributed by atoms with E-state index in [0.29, 0.717) is 28.5 Å². The van der Waals surface area contributed by atoms with Crippen molar-refractivity contribution in [3.63, 3.8) is 0 Å². The van der Waals surface area contributed by atoms with Crippen LogP contribution in [-0.4, -0.2) is 45.1 Å². The van der Waals surface area contributed by atoms with Gasteiger partial charge in [0, 0.05) is 23.4 Å². The Labute approximate surface area is 166 Å². The number of hydrogen-bond acceptors (Lipinski definition) is 7. The van der Waals surface area contributed by atoms with Gasteiger partial charge in [-0.3, -0.25) is 9.59 Å². The molecule has 0 aliphatic rings. The number of fused-ring (bicyclic) bond motifs is 1. The Morgan fingerprint density at radius 2 is 2.04 bits per heavy atom. The fourth-order valence-corrected chi connectivity index (χ4v) is 3.14. The van der Waals surface area contributed by atoms with E-state index in [1.54, 1.807) is 16.6 Å². The lowest BCUT2D eigenvalue weighted by molar-refractivity contribution is -0.142. The molecule has 0 spiro atoms. The third kappa shape index (κ3) is 4.12. The van der Waals surface area contributed by atoms with Gasteiger partial charge in [0.2, 0.25) is 0 Å². The first-order chi connectivity index (χ1) is 13.4. The largest absolute Gasteiger partial charge is 0.495 e. The van der Waals surface area contributed by atoms with E-state index < -0.39 is 5.97 Å². The van der Waals surface area contributed by atoms with Gasteiger partial charge >= 0.3 is 5.97 Å². The van der Waals surface area contributed by atoms with Crippen molar-refractivity contribution in [2.45, 2.75) is 26.7 Å². The lowest BCUT2D eigenvalue weighted by Gasteiger charge is -2.10. The zero-order chi connectivity index (χ0) is 20.3. The number of ketones is 1. The highest BCUT2D eigenvalue weighted by Crippen LogP contribution is 2.25. The van der Waals surface area contributed by atoms with Gasteiger partial charge in [0.1, 0.15) is 12.1 Å². The van der Waals surface area contributed by atoms with E-state index in [4.69, 9.17) is 21.1 Å². The molecule has 0 bridgehead atoms. The van der Waals surface area contributed by atoms with Crippen LogP contribution in [0.4, 0.5) is 0 Å². The minimum absolute atomic E-state index is 0.125. The molecule has 8 nitrogen and oxygen atoms in total. The second-order valence-corrected chi connectivity index (χ2v) is 6.57. The molecular formula is C19H19ClN4O4. The molecule has 0 atom stereocenters. The molecule has 0 fully saturated rings. The zero-order valence-corrected chi connectivity index (χ0v) is 16.5. The molecule has 0 N–H and O–H groups in total. The third-order valence-electron chi connectivity index (χ3n) is 4.41. The minimum atomic E-state index is -0.467. The van der Waals surface area contributed by atoms with Crippen LogP contribution >= 0.6 is 11.6 Å². The lowest BCUT2D eigenvalue weighted by Crippen LogP contribution is -2.15. The second kappa shape index (κ2) is 8.35. The molecule has 0 aliphatic carbocycles. The van der Waals surface area contributed by atoms with Gasteiger partial charge in [-0.15, -0.1) is 0 Å². The van der Waals surface area contributed by atoms with E-state index in [-0.39, 0.29) is 18.8 Å². The quantitative estimate of drug-likeness (QED) is 0.443. The standard InChI is InChI=1S/C19H19ClN4O4/c1-11-14(12(2)24-19(23-11)21-10-22-24)5-7-18(26)28-9-16(25)13-4-6-17(27-3)15(20)8-13/h4,6,8,10H,5,7,9H2,1-3H3. The Balaban J connectivity index is 1.58. The summed E-state index contributed by atoms with van der Waals surface area (Å²) in [6.45, 7) is 3.41. The number of hydrogen-bond donors (Lipinski definition) is 0. The molecular weight excluding hydrogens is 384 g/mol. The molecule has 9 heteroatoms. The van der Waals surface area contributed by atoms with Gasteiger partial charge in [0.05, 0.1) is 12.1 Å². The summed E-state index contributed by atoms with van der Waals surface area (Å²) in [5.74, 6) is 0.186. The van der Waals surface area contributed by atoms with Crippen molar-refractivity contribution < 1.29 is 19.1 Å². The first kappa shape index (κ1) is 19.8. The number of rotatable bonds is 7. The summed E-state index contributed by atoms with van der Waals surface area (Å²) < 4.78 is 11.8. The van der Waals surface area contributed by atoms with Crippen LogP contribution in [-0.2, 0) is 16.0 Å². The van der Waals surface area contributed by atoms with Crippen molar-refractivity contribution in [3.8, 4) is 5.75 Å². The van der Waals surface area contributed by atoms with Crippen molar-refractivity contribution in [1.29, 1.82) is 0 Å². The van der Waals surface area contributed by atoms with Gasteiger partial charge in [-0.25, -0.2) is 9.50 Å². The molecule has 3 rings (SSSR count).